The summed E-state index contributed by atoms with van der Waals surface area (Å²) in [6.07, 6.45) is 6.39. The molecule has 1 saturated heterocycles. The van der Waals surface area contributed by atoms with Gasteiger partial charge in [-0.05, 0) is 12.8 Å². The van der Waals surface area contributed by atoms with Gasteiger partial charge in [0.15, 0.2) is 5.13 Å². The van der Waals surface area contributed by atoms with Crippen LogP contribution < -0.4 is 10.2 Å². The summed E-state index contributed by atoms with van der Waals surface area (Å²) in [6.45, 7) is 0.953. The molecule has 1 saturated carbocycles. The van der Waals surface area contributed by atoms with Crippen molar-refractivity contribution in [1.82, 2.24) is 10.3 Å². The normalized spacial score (nSPS) is 20.3. The zero-order valence-corrected chi connectivity index (χ0v) is 14.7. The maximum absolute atomic E-state index is 12.2. The van der Waals surface area contributed by atoms with Crippen LogP contribution in [-0.2, 0) is 14.3 Å². The van der Waals surface area contributed by atoms with E-state index < -0.39 is 10.1 Å². The van der Waals surface area contributed by atoms with E-state index in [4.69, 9.17) is 4.18 Å². The maximum atomic E-state index is 12.2. The minimum absolute atomic E-state index is 0.121. The number of amides is 1. The third-order valence-corrected chi connectivity index (χ3v) is 5.62. The first-order valence-corrected chi connectivity index (χ1v) is 10.5. The zero-order valence-electron chi connectivity index (χ0n) is 13.0. The highest BCUT2D eigenvalue weighted by atomic mass is 32.2. The van der Waals surface area contributed by atoms with Gasteiger partial charge < -0.3 is 10.2 Å². The Morgan fingerprint density at radius 2 is 2.04 bits per heavy atom. The average molecular weight is 359 g/mol. The highest BCUT2D eigenvalue weighted by molar-refractivity contribution is 7.86. The SMILES string of the molecule is CS(=O)(=O)OC1CN(c2nc(C(=O)NC3CCCCC3)cs2)C1. The molecule has 2 fully saturated rings. The number of aromatic nitrogens is 1. The molecule has 0 bridgehead atoms. The molecule has 2 heterocycles. The van der Waals surface area contributed by atoms with E-state index in [0.717, 1.165) is 24.2 Å². The summed E-state index contributed by atoms with van der Waals surface area (Å²) in [5.41, 5.74) is 0.433. The van der Waals surface area contributed by atoms with Gasteiger partial charge in [-0.25, -0.2) is 4.98 Å². The minimum Gasteiger partial charge on any atom is -0.348 e. The maximum Gasteiger partial charge on any atom is 0.271 e. The first-order chi connectivity index (χ1) is 10.9. The number of nitrogens with one attached hydrogen (secondary N) is 1. The van der Waals surface area contributed by atoms with E-state index in [1.807, 2.05) is 4.90 Å². The average Bonchev–Trinajstić information content (AvgIpc) is 2.92. The molecule has 1 aromatic heterocycles. The molecule has 128 valence electrons. The lowest BCUT2D eigenvalue weighted by molar-refractivity contribution is 0.0923. The monoisotopic (exact) mass is 359 g/mol. The molecule has 0 atom stereocenters. The van der Waals surface area contributed by atoms with E-state index in [2.05, 4.69) is 10.3 Å². The molecule has 0 unspecified atom stereocenters. The molecule has 0 radical (unpaired) electrons. The zero-order chi connectivity index (χ0) is 16.4. The fourth-order valence-electron chi connectivity index (χ4n) is 2.92. The van der Waals surface area contributed by atoms with Gasteiger partial charge in [0.25, 0.3) is 16.0 Å². The summed E-state index contributed by atoms with van der Waals surface area (Å²) in [5, 5.41) is 5.52. The fourth-order valence-corrected chi connectivity index (χ4v) is 4.36. The van der Waals surface area contributed by atoms with Gasteiger partial charge >= 0.3 is 0 Å². The third kappa shape index (κ3) is 4.42. The van der Waals surface area contributed by atoms with Crippen molar-refractivity contribution >= 4 is 32.5 Å². The smallest absolute Gasteiger partial charge is 0.271 e. The van der Waals surface area contributed by atoms with E-state index in [1.54, 1.807) is 5.38 Å². The second-order valence-electron chi connectivity index (χ2n) is 6.15. The first kappa shape index (κ1) is 16.7. The topological polar surface area (TPSA) is 88.6 Å². The van der Waals surface area contributed by atoms with Crippen LogP contribution >= 0.6 is 11.3 Å². The number of rotatable bonds is 5. The Morgan fingerprint density at radius 1 is 1.35 bits per heavy atom. The van der Waals surface area contributed by atoms with Gasteiger partial charge in [0.05, 0.1) is 6.26 Å². The number of anilines is 1. The Kier molecular flexibility index (Phi) is 4.88. The predicted octanol–water partition coefficient (Wildman–Crippen LogP) is 1.37. The molecule has 23 heavy (non-hydrogen) atoms. The molecule has 1 amide bonds. The van der Waals surface area contributed by atoms with Gasteiger partial charge in [0.2, 0.25) is 0 Å². The van der Waals surface area contributed by atoms with Crippen LogP contribution in [-0.4, -0.2) is 50.8 Å². The van der Waals surface area contributed by atoms with E-state index >= 15 is 0 Å². The Morgan fingerprint density at radius 3 is 2.70 bits per heavy atom. The van der Waals surface area contributed by atoms with Crippen LogP contribution in [0.4, 0.5) is 5.13 Å². The Bertz CT molecular complexity index is 661. The summed E-state index contributed by atoms with van der Waals surface area (Å²) in [5.74, 6) is -0.121. The quantitative estimate of drug-likeness (QED) is 0.799. The molecule has 7 nitrogen and oxygen atoms in total. The van der Waals surface area contributed by atoms with Crippen LogP contribution in [0.2, 0.25) is 0 Å². The van der Waals surface area contributed by atoms with Crippen LogP contribution in [0, 0.1) is 0 Å². The van der Waals surface area contributed by atoms with Crippen molar-refractivity contribution in [3.05, 3.63) is 11.1 Å². The van der Waals surface area contributed by atoms with Crippen LogP contribution in [0.1, 0.15) is 42.6 Å². The van der Waals surface area contributed by atoms with E-state index in [0.29, 0.717) is 18.8 Å². The Balaban J connectivity index is 1.51. The molecule has 2 aliphatic rings. The lowest BCUT2D eigenvalue weighted by atomic mass is 9.95. The molecule has 1 aromatic rings. The summed E-state index contributed by atoms with van der Waals surface area (Å²) < 4.78 is 27.0. The van der Waals surface area contributed by atoms with Crippen LogP contribution in [0.5, 0.6) is 0 Å². The summed E-state index contributed by atoms with van der Waals surface area (Å²) in [6, 6.07) is 0.262. The summed E-state index contributed by atoms with van der Waals surface area (Å²) in [4.78, 5) is 18.5. The molecular weight excluding hydrogens is 338 g/mol. The van der Waals surface area contributed by atoms with Crippen molar-refractivity contribution in [3.63, 3.8) is 0 Å². The molecule has 1 aliphatic heterocycles. The number of nitrogens with zero attached hydrogens (tertiary/aromatic N) is 2. The molecule has 1 aliphatic carbocycles. The largest absolute Gasteiger partial charge is 0.348 e. The van der Waals surface area contributed by atoms with Crippen LogP contribution in [0.3, 0.4) is 0 Å². The van der Waals surface area contributed by atoms with Gasteiger partial charge in [-0.2, -0.15) is 8.42 Å². The first-order valence-electron chi connectivity index (χ1n) is 7.80. The Labute approximate surface area is 140 Å². The van der Waals surface area contributed by atoms with Gasteiger partial charge in [0.1, 0.15) is 11.8 Å². The second kappa shape index (κ2) is 6.74. The number of carbonyl (C=O) groups is 1. The van der Waals surface area contributed by atoms with Crippen molar-refractivity contribution in [1.29, 1.82) is 0 Å². The second-order valence-corrected chi connectivity index (χ2v) is 8.59. The van der Waals surface area contributed by atoms with E-state index in [1.165, 1.54) is 30.6 Å². The molecule has 1 N–H and O–H groups in total. The van der Waals surface area contributed by atoms with E-state index in [-0.39, 0.29) is 18.1 Å². The molecule has 9 heteroatoms. The number of thiazole rings is 1. The minimum atomic E-state index is -3.42. The fraction of sp³-hybridized carbons (Fsp3) is 0.714. The number of carbonyl (C=O) groups excluding carboxylic acids is 1. The van der Waals surface area contributed by atoms with Gasteiger partial charge in [0, 0.05) is 24.5 Å². The molecule has 0 spiro atoms. The standard InChI is InChI=1S/C14H21N3O4S2/c1-23(19,20)21-11-7-17(8-11)14-16-12(9-22-14)13(18)15-10-5-3-2-4-6-10/h9-11H,2-8H2,1H3,(H,15,18). The van der Waals surface area contributed by atoms with E-state index in [9.17, 15) is 13.2 Å². The lowest BCUT2D eigenvalue weighted by Gasteiger charge is -2.37. The number of hydrogen-bond acceptors (Lipinski definition) is 7. The summed E-state index contributed by atoms with van der Waals surface area (Å²) >= 11 is 1.39. The molecule has 0 aromatic carbocycles. The predicted molar refractivity (Wildman–Crippen MR) is 88.4 cm³/mol. The molecular formula is C14H21N3O4S2. The van der Waals surface area contributed by atoms with Gasteiger partial charge in [-0.1, -0.05) is 19.3 Å². The van der Waals surface area contributed by atoms with Gasteiger partial charge in [-0.15, -0.1) is 11.3 Å². The lowest BCUT2D eigenvalue weighted by Crippen LogP contribution is -2.53. The third-order valence-electron chi connectivity index (χ3n) is 4.09. The highest BCUT2D eigenvalue weighted by Gasteiger charge is 2.32. The van der Waals surface area contributed by atoms with Crippen molar-refractivity contribution in [2.75, 3.05) is 24.2 Å². The number of hydrogen-bond donors (Lipinski definition) is 1. The van der Waals surface area contributed by atoms with Crippen molar-refractivity contribution in [2.24, 2.45) is 0 Å². The molecule has 3 rings (SSSR count). The van der Waals surface area contributed by atoms with Crippen molar-refractivity contribution < 1.29 is 17.4 Å². The van der Waals surface area contributed by atoms with Crippen molar-refractivity contribution in [3.8, 4) is 0 Å². The highest BCUT2D eigenvalue weighted by Crippen LogP contribution is 2.27. The van der Waals surface area contributed by atoms with Gasteiger partial charge in [-0.3, -0.25) is 8.98 Å². The summed E-state index contributed by atoms with van der Waals surface area (Å²) in [7, 11) is -3.42. The van der Waals surface area contributed by atoms with Crippen LogP contribution in [0.25, 0.3) is 0 Å². The van der Waals surface area contributed by atoms with Crippen molar-refractivity contribution in [2.45, 2.75) is 44.2 Å². The Hall–Kier alpha value is -1.19. The van der Waals surface area contributed by atoms with Crippen LogP contribution in [0.15, 0.2) is 5.38 Å².